The van der Waals surface area contributed by atoms with Gasteiger partial charge in [-0.2, -0.15) is 0 Å². The van der Waals surface area contributed by atoms with E-state index in [9.17, 15) is 14.0 Å². The minimum absolute atomic E-state index is 0.0438. The molecule has 29 heavy (non-hydrogen) atoms. The Bertz CT molecular complexity index is 783. The summed E-state index contributed by atoms with van der Waals surface area (Å²) in [5, 5.41) is 8.93. The number of rotatable bonds is 5. The van der Waals surface area contributed by atoms with Crippen LogP contribution in [0.15, 0.2) is 12.1 Å². The Kier molecular flexibility index (Phi) is 6.94. The predicted octanol–water partition coefficient (Wildman–Crippen LogP) is 4.97. The van der Waals surface area contributed by atoms with Crippen LogP contribution in [-0.4, -0.2) is 25.0 Å². The van der Waals surface area contributed by atoms with Crippen molar-refractivity contribution in [3.05, 3.63) is 33.6 Å². The first-order valence-electron chi connectivity index (χ1n) is 10.2. The number of carbonyl (C=O) groups excluding carboxylic acids is 2. The number of halogens is 3. The molecule has 160 valence electrons. The van der Waals surface area contributed by atoms with Gasteiger partial charge in [-0.1, -0.05) is 43.0 Å². The van der Waals surface area contributed by atoms with E-state index in [4.69, 9.17) is 23.2 Å². The van der Waals surface area contributed by atoms with Crippen LogP contribution in [0, 0.1) is 17.2 Å². The molecule has 0 saturated heterocycles. The van der Waals surface area contributed by atoms with Gasteiger partial charge >= 0.3 is 6.03 Å². The second kappa shape index (κ2) is 9.09. The van der Waals surface area contributed by atoms with Crippen molar-refractivity contribution in [1.82, 2.24) is 16.0 Å². The lowest BCUT2D eigenvalue weighted by molar-refractivity contribution is -0.126. The number of nitrogens with one attached hydrogen (secondary N) is 3. The smallest absolute Gasteiger partial charge is 0.314 e. The molecule has 3 rings (SSSR count). The van der Waals surface area contributed by atoms with Crippen LogP contribution in [0.2, 0.25) is 10.0 Å². The summed E-state index contributed by atoms with van der Waals surface area (Å²) in [6, 6.07) is 1.90. The average Bonchev–Trinajstić information content (AvgIpc) is 3.34. The van der Waals surface area contributed by atoms with Crippen LogP contribution in [0.3, 0.4) is 0 Å². The van der Waals surface area contributed by atoms with Crippen LogP contribution in [-0.2, 0) is 4.79 Å². The summed E-state index contributed by atoms with van der Waals surface area (Å²) in [6.07, 6.45) is 5.80. The molecule has 0 spiro atoms. The normalized spacial score (nSPS) is 24.2. The van der Waals surface area contributed by atoms with Crippen LogP contribution < -0.4 is 16.0 Å². The van der Waals surface area contributed by atoms with Gasteiger partial charge in [-0.05, 0) is 49.7 Å². The third-order valence-electron chi connectivity index (χ3n) is 6.46. The summed E-state index contributed by atoms with van der Waals surface area (Å²) >= 11 is 12.6. The van der Waals surface area contributed by atoms with Gasteiger partial charge in [-0.25, -0.2) is 9.18 Å². The van der Waals surface area contributed by atoms with Crippen molar-refractivity contribution in [3.8, 4) is 0 Å². The zero-order valence-corrected chi connectivity index (χ0v) is 18.3. The van der Waals surface area contributed by atoms with Gasteiger partial charge in [-0.15, -0.1) is 0 Å². The molecular formula is C21H28Cl2FN3O2. The number of hydrogen-bond acceptors (Lipinski definition) is 2. The molecule has 1 aromatic rings. The fourth-order valence-electron chi connectivity index (χ4n) is 4.74. The molecule has 2 aliphatic rings. The highest BCUT2D eigenvalue weighted by atomic mass is 35.5. The first kappa shape index (κ1) is 22.2. The fraction of sp³-hybridized carbons (Fsp3) is 0.619. The minimum Gasteiger partial charge on any atom is -0.348 e. The monoisotopic (exact) mass is 443 g/mol. The van der Waals surface area contributed by atoms with E-state index in [1.807, 2.05) is 0 Å². The van der Waals surface area contributed by atoms with Gasteiger partial charge in [0.15, 0.2) is 0 Å². The van der Waals surface area contributed by atoms with Crippen molar-refractivity contribution in [2.24, 2.45) is 11.3 Å². The van der Waals surface area contributed by atoms with Gasteiger partial charge in [0.1, 0.15) is 5.82 Å². The number of amides is 3. The van der Waals surface area contributed by atoms with E-state index in [0.29, 0.717) is 12.8 Å². The van der Waals surface area contributed by atoms with Crippen molar-refractivity contribution in [3.63, 3.8) is 0 Å². The summed E-state index contributed by atoms with van der Waals surface area (Å²) in [7, 11) is 1.56. The Balaban J connectivity index is 1.81. The van der Waals surface area contributed by atoms with Crippen LogP contribution >= 0.6 is 23.2 Å². The Labute approximate surface area is 181 Å². The van der Waals surface area contributed by atoms with E-state index in [0.717, 1.165) is 32.1 Å². The van der Waals surface area contributed by atoms with Gasteiger partial charge in [-0.3, -0.25) is 4.79 Å². The average molecular weight is 444 g/mol. The maximum Gasteiger partial charge on any atom is 0.314 e. The Hall–Kier alpha value is -1.53. The summed E-state index contributed by atoms with van der Waals surface area (Å²) < 4.78 is 14.8. The molecule has 0 aliphatic heterocycles. The van der Waals surface area contributed by atoms with Crippen molar-refractivity contribution in [1.29, 1.82) is 0 Å². The third-order valence-corrected chi connectivity index (χ3v) is 7.28. The highest BCUT2D eigenvalue weighted by Crippen LogP contribution is 2.50. The predicted molar refractivity (Wildman–Crippen MR) is 113 cm³/mol. The van der Waals surface area contributed by atoms with Crippen LogP contribution in [0.5, 0.6) is 0 Å². The molecule has 3 atom stereocenters. The van der Waals surface area contributed by atoms with Gasteiger partial charge < -0.3 is 16.0 Å². The molecule has 2 aliphatic carbocycles. The summed E-state index contributed by atoms with van der Waals surface area (Å²) in [4.78, 5) is 24.6. The van der Waals surface area contributed by atoms with Gasteiger partial charge in [0, 0.05) is 24.6 Å². The molecule has 0 radical (unpaired) electrons. The van der Waals surface area contributed by atoms with Gasteiger partial charge in [0.25, 0.3) is 0 Å². The molecule has 1 unspecified atom stereocenters. The summed E-state index contributed by atoms with van der Waals surface area (Å²) in [5.41, 5.74) is -0.0154. The van der Waals surface area contributed by atoms with E-state index in [1.165, 1.54) is 12.1 Å². The minimum atomic E-state index is -0.547. The Morgan fingerprint density at radius 1 is 1.21 bits per heavy atom. The highest BCUT2D eigenvalue weighted by Gasteiger charge is 2.42. The maximum atomic E-state index is 14.8. The van der Waals surface area contributed by atoms with Crippen molar-refractivity contribution in [2.45, 2.75) is 64.0 Å². The lowest BCUT2D eigenvalue weighted by Crippen LogP contribution is -2.42. The molecule has 3 amide bonds. The summed E-state index contributed by atoms with van der Waals surface area (Å²) in [6.45, 7) is 2.08. The topological polar surface area (TPSA) is 70.2 Å². The number of benzene rings is 1. The Morgan fingerprint density at radius 2 is 1.90 bits per heavy atom. The highest BCUT2D eigenvalue weighted by molar-refractivity contribution is 6.42. The van der Waals surface area contributed by atoms with Gasteiger partial charge in [0.2, 0.25) is 5.91 Å². The van der Waals surface area contributed by atoms with E-state index in [2.05, 4.69) is 22.9 Å². The lowest BCUT2D eigenvalue weighted by atomic mass is 9.76. The first-order chi connectivity index (χ1) is 13.7. The van der Waals surface area contributed by atoms with Gasteiger partial charge in [0.05, 0.1) is 16.1 Å². The van der Waals surface area contributed by atoms with Crippen molar-refractivity contribution >= 4 is 35.1 Å². The van der Waals surface area contributed by atoms with Crippen molar-refractivity contribution < 1.29 is 14.0 Å². The molecule has 5 nitrogen and oxygen atoms in total. The quantitative estimate of drug-likeness (QED) is 0.562. The molecule has 3 N–H and O–H groups in total. The van der Waals surface area contributed by atoms with Crippen molar-refractivity contribution in [2.75, 3.05) is 7.05 Å². The third kappa shape index (κ3) is 4.80. The van der Waals surface area contributed by atoms with E-state index in [-0.39, 0.29) is 44.9 Å². The number of carbonyl (C=O) groups is 2. The second-order valence-corrected chi connectivity index (χ2v) is 9.28. The molecular weight excluding hydrogens is 416 g/mol. The van der Waals surface area contributed by atoms with E-state index >= 15 is 0 Å². The largest absolute Gasteiger partial charge is 0.348 e. The molecule has 8 heteroatoms. The SMILES string of the molecule is CNC(=O)N[C@@H]1CC[C@@H](C(=O)NC(c2c(F)ccc(Cl)c2Cl)C2(C)CCCC2)C1. The molecule has 2 saturated carbocycles. The van der Waals surface area contributed by atoms with E-state index in [1.54, 1.807) is 7.05 Å². The maximum absolute atomic E-state index is 14.8. The molecule has 0 heterocycles. The van der Waals surface area contributed by atoms with Crippen LogP contribution in [0.1, 0.15) is 63.5 Å². The zero-order chi connectivity index (χ0) is 21.2. The second-order valence-electron chi connectivity index (χ2n) is 8.49. The molecule has 1 aromatic carbocycles. The Morgan fingerprint density at radius 3 is 2.55 bits per heavy atom. The van der Waals surface area contributed by atoms with E-state index < -0.39 is 11.9 Å². The summed E-state index contributed by atoms with van der Waals surface area (Å²) in [5.74, 6) is -0.811. The fourth-order valence-corrected chi connectivity index (χ4v) is 5.17. The zero-order valence-electron chi connectivity index (χ0n) is 16.8. The van der Waals surface area contributed by atoms with Crippen LogP contribution in [0.25, 0.3) is 0 Å². The lowest BCUT2D eigenvalue weighted by Gasteiger charge is -2.36. The first-order valence-corrected chi connectivity index (χ1v) is 10.9. The standard InChI is InChI=1S/C21H28Cl2FN3O2/c1-21(9-3-4-10-21)18(16-15(24)8-7-14(22)17(16)23)27-19(28)12-5-6-13(11-12)26-20(29)25-2/h7-8,12-13,18H,3-6,9-11H2,1-2H3,(H,27,28)(H2,25,26,29)/t12-,13-,18?/m1/s1. The van der Waals surface area contributed by atoms with Crippen LogP contribution in [0.4, 0.5) is 9.18 Å². The number of urea groups is 1. The molecule has 2 fully saturated rings. The number of hydrogen-bond donors (Lipinski definition) is 3. The molecule has 0 bridgehead atoms. The molecule has 0 aromatic heterocycles.